The maximum atomic E-state index is 10.9. The van der Waals surface area contributed by atoms with E-state index >= 15 is 0 Å². The number of carbonyl (C=O) groups is 2. The largest absolute Gasteiger partial charge is 0.481 e. The van der Waals surface area contributed by atoms with Gasteiger partial charge in [0.2, 0.25) is 0 Å². The van der Waals surface area contributed by atoms with E-state index in [2.05, 4.69) is 6.92 Å². The number of cyclic esters (lactones) is 1. The summed E-state index contributed by atoms with van der Waals surface area (Å²) in [6, 6.07) is 0. The molecule has 0 aliphatic carbocycles. The Balaban J connectivity index is 2.41. The summed E-state index contributed by atoms with van der Waals surface area (Å²) in [6.07, 6.45) is 3.38. The van der Waals surface area contributed by atoms with Gasteiger partial charge in [-0.25, -0.2) is 0 Å². The summed E-state index contributed by atoms with van der Waals surface area (Å²) in [5, 5.41) is 8.83. The lowest BCUT2D eigenvalue weighted by atomic mass is 9.97. The Kier molecular flexibility index (Phi) is 3.92. The van der Waals surface area contributed by atoms with Crippen LogP contribution in [0, 0.1) is 5.92 Å². The van der Waals surface area contributed by atoms with Crippen LogP contribution < -0.4 is 0 Å². The van der Waals surface area contributed by atoms with Crippen molar-refractivity contribution >= 4 is 11.9 Å². The highest BCUT2D eigenvalue weighted by Gasteiger charge is 2.39. The van der Waals surface area contributed by atoms with Crippen molar-refractivity contribution in [1.82, 2.24) is 0 Å². The van der Waals surface area contributed by atoms with Crippen LogP contribution in [0.4, 0.5) is 0 Å². The van der Waals surface area contributed by atoms with Crippen molar-refractivity contribution < 1.29 is 19.4 Å². The zero-order chi connectivity index (χ0) is 10.6. The second kappa shape index (κ2) is 4.98. The second-order valence-corrected chi connectivity index (χ2v) is 3.67. The molecule has 0 bridgehead atoms. The third-order valence-electron chi connectivity index (χ3n) is 2.53. The first-order valence-corrected chi connectivity index (χ1v) is 5.07. The van der Waals surface area contributed by atoms with Crippen molar-refractivity contribution in [2.75, 3.05) is 0 Å². The van der Waals surface area contributed by atoms with E-state index in [1.54, 1.807) is 0 Å². The lowest BCUT2D eigenvalue weighted by Crippen LogP contribution is -2.23. The standard InChI is InChI=1S/C10H16O4/c1-2-3-4-5-8-7(10(12)13)6-9(11)14-8/h7-8H,2-6H2,1H3,(H,12,13)/t7-,8+/m0/s1. The van der Waals surface area contributed by atoms with Gasteiger partial charge in [0.25, 0.3) is 0 Å². The van der Waals surface area contributed by atoms with Gasteiger partial charge in [0, 0.05) is 0 Å². The Morgan fingerprint density at radius 2 is 2.29 bits per heavy atom. The summed E-state index contributed by atoms with van der Waals surface area (Å²) in [7, 11) is 0. The van der Waals surface area contributed by atoms with E-state index < -0.39 is 18.0 Å². The molecule has 1 aliphatic rings. The molecule has 14 heavy (non-hydrogen) atoms. The first kappa shape index (κ1) is 11.0. The number of ether oxygens (including phenoxy) is 1. The monoisotopic (exact) mass is 200 g/mol. The zero-order valence-electron chi connectivity index (χ0n) is 8.36. The Morgan fingerprint density at radius 3 is 2.86 bits per heavy atom. The van der Waals surface area contributed by atoms with E-state index in [9.17, 15) is 9.59 Å². The molecular weight excluding hydrogens is 184 g/mol. The van der Waals surface area contributed by atoms with Crippen LogP contribution in [0.3, 0.4) is 0 Å². The summed E-state index contributed by atoms with van der Waals surface area (Å²) < 4.78 is 4.96. The smallest absolute Gasteiger partial charge is 0.310 e. The van der Waals surface area contributed by atoms with Crippen molar-refractivity contribution in [3.8, 4) is 0 Å². The van der Waals surface area contributed by atoms with Gasteiger partial charge in [-0.15, -0.1) is 0 Å². The molecule has 1 heterocycles. The predicted octanol–water partition coefficient (Wildman–Crippen LogP) is 1.58. The number of rotatable bonds is 5. The first-order chi connectivity index (χ1) is 6.65. The Hall–Kier alpha value is -1.06. The number of hydrogen-bond acceptors (Lipinski definition) is 3. The summed E-state index contributed by atoms with van der Waals surface area (Å²) in [5.41, 5.74) is 0. The van der Waals surface area contributed by atoms with Gasteiger partial charge in [-0.2, -0.15) is 0 Å². The molecule has 0 aromatic heterocycles. The van der Waals surface area contributed by atoms with Crippen LogP contribution >= 0.6 is 0 Å². The van der Waals surface area contributed by atoms with E-state index in [-0.39, 0.29) is 12.4 Å². The zero-order valence-corrected chi connectivity index (χ0v) is 8.36. The average molecular weight is 200 g/mol. The van der Waals surface area contributed by atoms with Crippen LogP contribution in [0.5, 0.6) is 0 Å². The topological polar surface area (TPSA) is 63.6 Å². The number of unbranched alkanes of at least 4 members (excludes halogenated alkanes) is 2. The SMILES string of the molecule is CCCCC[C@H]1OC(=O)C[C@@H]1C(=O)O. The molecule has 80 valence electrons. The van der Waals surface area contributed by atoms with Gasteiger partial charge in [-0.1, -0.05) is 19.8 Å². The molecule has 0 radical (unpaired) electrons. The highest BCUT2D eigenvalue weighted by molar-refractivity contribution is 5.82. The maximum Gasteiger partial charge on any atom is 0.310 e. The van der Waals surface area contributed by atoms with Crippen molar-refractivity contribution in [2.24, 2.45) is 5.92 Å². The molecule has 1 rings (SSSR count). The van der Waals surface area contributed by atoms with Gasteiger partial charge in [0.05, 0.1) is 6.42 Å². The van der Waals surface area contributed by atoms with Crippen LogP contribution in [-0.4, -0.2) is 23.1 Å². The molecule has 4 heteroatoms. The molecular formula is C10H16O4. The summed E-state index contributed by atoms with van der Waals surface area (Å²) in [6.45, 7) is 2.08. The summed E-state index contributed by atoms with van der Waals surface area (Å²) in [5.74, 6) is -1.92. The molecule has 1 N–H and O–H groups in total. The molecule has 1 saturated heterocycles. The fourth-order valence-corrected chi connectivity index (χ4v) is 1.71. The van der Waals surface area contributed by atoms with E-state index in [1.807, 2.05) is 0 Å². The van der Waals surface area contributed by atoms with Gasteiger partial charge in [-0.05, 0) is 12.8 Å². The third kappa shape index (κ3) is 2.72. The minimum atomic E-state index is -0.919. The number of carboxylic acid groups (broad SMARTS) is 1. The minimum absolute atomic E-state index is 0.0339. The van der Waals surface area contributed by atoms with Crippen molar-refractivity contribution in [3.63, 3.8) is 0 Å². The molecule has 4 nitrogen and oxygen atoms in total. The number of carbonyl (C=O) groups excluding carboxylic acids is 1. The van der Waals surface area contributed by atoms with Crippen molar-refractivity contribution in [2.45, 2.75) is 45.1 Å². The van der Waals surface area contributed by atoms with E-state index in [0.717, 1.165) is 19.3 Å². The van der Waals surface area contributed by atoms with Crippen LogP contribution in [0.25, 0.3) is 0 Å². The minimum Gasteiger partial charge on any atom is -0.481 e. The van der Waals surface area contributed by atoms with Gasteiger partial charge < -0.3 is 9.84 Å². The molecule has 0 aromatic rings. The molecule has 0 amide bonds. The fraction of sp³-hybridized carbons (Fsp3) is 0.800. The maximum absolute atomic E-state index is 10.9. The predicted molar refractivity (Wildman–Crippen MR) is 49.8 cm³/mol. The average Bonchev–Trinajstić information content (AvgIpc) is 2.47. The fourth-order valence-electron chi connectivity index (χ4n) is 1.71. The lowest BCUT2D eigenvalue weighted by Gasteiger charge is -2.13. The third-order valence-corrected chi connectivity index (χ3v) is 2.53. The van der Waals surface area contributed by atoms with Gasteiger partial charge in [0.1, 0.15) is 12.0 Å². The van der Waals surface area contributed by atoms with Gasteiger partial charge in [-0.3, -0.25) is 9.59 Å². The van der Waals surface area contributed by atoms with E-state index in [1.165, 1.54) is 0 Å². The Bertz CT molecular complexity index is 224. The van der Waals surface area contributed by atoms with Crippen LogP contribution in [0.1, 0.15) is 39.0 Å². The quantitative estimate of drug-likeness (QED) is 0.540. The summed E-state index contributed by atoms with van der Waals surface area (Å²) in [4.78, 5) is 21.7. The number of aliphatic carboxylic acids is 1. The number of carboxylic acids is 1. The first-order valence-electron chi connectivity index (χ1n) is 5.07. The molecule has 1 aliphatic heterocycles. The highest BCUT2D eigenvalue weighted by atomic mass is 16.6. The molecule has 2 atom stereocenters. The molecule has 0 aromatic carbocycles. The molecule has 0 saturated carbocycles. The van der Waals surface area contributed by atoms with Crippen LogP contribution in [-0.2, 0) is 14.3 Å². The number of esters is 1. The summed E-state index contributed by atoms with van der Waals surface area (Å²) >= 11 is 0. The van der Waals surface area contributed by atoms with E-state index in [4.69, 9.17) is 9.84 Å². The van der Waals surface area contributed by atoms with Crippen LogP contribution in [0.15, 0.2) is 0 Å². The second-order valence-electron chi connectivity index (χ2n) is 3.67. The normalized spacial score (nSPS) is 26.2. The Labute approximate surface area is 83.2 Å². The Morgan fingerprint density at radius 1 is 1.57 bits per heavy atom. The molecule has 0 spiro atoms. The molecule has 0 unspecified atom stereocenters. The lowest BCUT2D eigenvalue weighted by molar-refractivity contribution is -0.144. The van der Waals surface area contributed by atoms with Gasteiger partial charge >= 0.3 is 11.9 Å². The van der Waals surface area contributed by atoms with Crippen molar-refractivity contribution in [3.05, 3.63) is 0 Å². The van der Waals surface area contributed by atoms with Crippen LogP contribution in [0.2, 0.25) is 0 Å². The van der Waals surface area contributed by atoms with E-state index in [0.29, 0.717) is 6.42 Å². The van der Waals surface area contributed by atoms with Gasteiger partial charge in [0.15, 0.2) is 0 Å². The molecule has 1 fully saturated rings. The van der Waals surface area contributed by atoms with Crippen molar-refractivity contribution in [1.29, 1.82) is 0 Å². The number of hydrogen-bond donors (Lipinski definition) is 1. The highest BCUT2D eigenvalue weighted by Crippen LogP contribution is 2.26.